The number of likely N-dealkylation sites (tertiary alicyclic amines) is 2. The lowest BCUT2D eigenvalue weighted by atomic mass is 9.97. The van der Waals surface area contributed by atoms with Crippen LogP contribution in [0.3, 0.4) is 0 Å². The number of nitrogens with zero attached hydrogens (tertiary/aromatic N) is 3. The van der Waals surface area contributed by atoms with Crippen LogP contribution in [-0.4, -0.2) is 72.8 Å². The normalized spacial score (nSPS) is 20.6. The van der Waals surface area contributed by atoms with E-state index in [1.165, 1.54) is 18.4 Å². The Morgan fingerprint density at radius 2 is 1.96 bits per heavy atom. The van der Waals surface area contributed by atoms with Gasteiger partial charge in [-0.1, -0.05) is 23.7 Å². The summed E-state index contributed by atoms with van der Waals surface area (Å²) in [5.74, 6) is 0.874. The van der Waals surface area contributed by atoms with Crippen LogP contribution in [0.5, 0.6) is 0 Å². The molecule has 3 rings (SSSR count). The van der Waals surface area contributed by atoms with Crippen LogP contribution in [0.4, 0.5) is 0 Å². The van der Waals surface area contributed by atoms with Crippen LogP contribution in [-0.2, 0) is 16.0 Å². The van der Waals surface area contributed by atoms with E-state index in [1.54, 1.807) is 0 Å². The SMILES string of the molecule is CN(CC1CCCN(CCc2ccc(Cl)cc2)C1)C(=O)CCN1CCCC1=O. The second-order valence-corrected chi connectivity index (χ2v) is 8.63. The van der Waals surface area contributed by atoms with Gasteiger partial charge in [-0.15, -0.1) is 0 Å². The first-order valence-corrected chi connectivity index (χ1v) is 10.9. The van der Waals surface area contributed by atoms with Crippen LogP contribution in [0.1, 0.15) is 37.7 Å². The van der Waals surface area contributed by atoms with Gasteiger partial charge in [-0.05, 0) is 55.8 Å². The highest BCUT2D eigenvalue weighted by atomic mass is 35.5. The summed E-state index contributed by atoms with van der Waals surface area (Å²) in [6.07, 6.45) is 5.40. The fourth-order valence-electron chi connectivity index (χ4n) is 4.29. The Labute approximate surface area is 173 Å². The zero-order valence-electron chi connectivity index (χ0n) is 16.9. The molecule has 6 heteroatoms. The Balaban J connectivity index is 1.38. The Morgan fingerprint density at radius 1 is 1.18 bits per heavy atom. The van der Waals surface area contributed by atoms with Gasteiger partial charge in [0.25, 0.3) is 0 Å². The van der Waals surface area contributed by atoms with Crippen LogP contribution < -0.4 is 0 Å². The third-order valence-corrected chi connectivity index (χ3v) is 6.21. The maximum Gasteiger partial charge on any atom is 0.224 e. The summed E-state index contributed by atoms with van der Waals surface area (Å²) in [7, 11) is 1.90. The molecule has 0 saturated carbocycles. The Bertz CT molecular complexity index is 664. The highest BCUT2D eigenvalue weighted by Gasteiger charge is 2.24. The lowest BCUT2D eigenvalue weighted by Crippen LogP contribution is -2.42. The molecule has 2 saturated heterocycles. The first kappa shape index (κ1) is 21.1. The van der Waals surface area contributed by atoms with Gasteiger partial charge in [0, 0.05) is 57.6 Å². The number of carbonyl (C=O) groups excluding carboxylic acids is 2. The number of rotatable bonds is 8. The maximum atomic E-state index is 12.5. The fraction of sp³-hybridized carbons (Fsp3) is 0.636. The summed E-state index contributed by atoms with van der Waals surface area (Å²) in [5.41, 5.74) is 1.32. The number of halogens is 1. The molecule has 5 nitrogen and oxygen atoms in total. The van der Waals surface area contributed by atoms with Crippen molar-refractivity contribution in [3.05, 3.63) is 34.9 Å². The number of carbonyl (C=O) groups is 2. The molecular formula is C22H32ClN3O2. The summed E-state index contributed by atoms with van der Waals surface area (Å²) < 4.78 is 0. The molecule has 2 aliphatic heterocycles. The molecule has 154 valence electrons. The van der Waals surface area contributed by atoms with Crippen molar-refractivity contribution in [3.63, 3.8) is 0 Å². The van der Waals surface area contributed by atoms with Gasteiger partial charge in [0.05, 0.1) is 0 Å². The lowest BCUT2D eigenvalue weighted by molar-refractivity contribution is -0.132. The second kappa shape index (κ2) is 10.3. The van der Waals surface area contributed by atoms with Crippen LogP contribution in [0, 0.1) is 5.92 Å². The number of benzene rings is 1. The Hall–Kier alpha value is -1.59. The summed E-state index contributed by atoms with van der Waals surface area (Å²) in [6, 6.07) is 8.10. The predicted molar refractivity (Wildman–Crippen MR) is 112 cm³/mol. The van der Waals surface area contributed by atoms with Crippen molar-refractivity contribution in [2.75, 3.05) is 46.3 Å². The number of piperidine rings is 1. The van der Waals surface area contributed by atoms with Crippen molar-refractivity contribution in [2.24, 2.45) is 5.92 Å². The summed E-state index contributed by atoms with van der Waals surface area (Å²) in [5, 5.41) is 0.781. The molecule has 0 aliphatic carbocycles. The summed E-state index contributed by atoms with van der Waals surface area (Å²) >= 11 is 5.96. The van der Waals surface area contributed by atoms with E-state index in [4.69, 9.17) is 11.6 Å². The highest BCUT2D eigenvalue weighted by Crippen LogP contribution is 2.19. The Morgan fingerprint density at radius 3 is 2.68 bits per heavy atom. The van der Waals surface area contributed by atoms with E-state index in [9.17, 15) is 9.59 Å². The van der Waals surface area contributed by atoms with E-state index in [1.807, 2.05) is 29.0 Å². The third kappa shape index (κ3) is 6.21. The fourth-order valence-corrected chi connectivity index (χ4v) is 4.42. The predicted octanol–water partition coefficient (Wildman–Crippen LogP) is 3.07. The number of amides is 2. The van der Waals surface area contributed by atoms with E-state index >= 15 is 0 Å². The molecular weight excluding hydrogens is 374 g/mol. The largest absolute Gasteiger partial charge is 0.345 e. The molecule has 0 aromatic heterocycles. The van der Waals surface area contributed by atoms with Crippen LogP contribution in [0.2, 0.25) is 5.02 Å². The van der Waals surface area contributed by atoms with Gasteiger partial charge in [0.1, 0.15) is 0 Å². The van der Waals surface area contributed by atoms with Crippen molar-refractivity contribution < 1.29 is 9.59 Å². The maximum absolute atomic E-state index is 12.5. The van der Waals surface area contributed by atoms with Crippen molar-refractivity contribution in [1.82, 2.24) is 14.7 Å². The zero-order valence-corrected chi connectivity index (χ0v) is 17.7. The standard InChI is InChI=1S/C22H32ClN3O2/c1-24(21(27)11-15-26-13-3-5-22(26)28)16-19-4-2-12-25(17-19)14-10-18-6-8-20(23)9-7-18/h6-9,19H,2-5,10-17H2,1H3. The molecule has 1 aromatic rings. The molecule has 1 aromatic carbocycles. The van der Waals surface area contributed by atoms with E-state index in [0.717, 1.165) is 50.6 Å². The molecule has 2 heterocycles. The van der Waals surface area contributed by atoms with Crippen molar-refractivity contribution in [3.8, 4) is 0 Å². The van der Waals surface area contributed by atoms with E-state index in [0.29, 0.717) is 25.3 Å². The first-order valence-electron chi connectivity index (χ1n) is 10.5. The average molecular weight is 406 g/mol. The van der Waals surface area contributed by atoms with Gasteiger partial charge in [-0.3, -0.25) is 9.59 Å². The number of hydrogen-bond acceptors (Lipinski definition) is 3. The van der Waals surface area contributed by atoms with Gasteiger partial charge in [0.15, 0.2) is 0 Å². The van der Waals surface area contributed by atoms with Crippen molar-refractivity contribution >= 4 is 23.4 Å². The van der Waals surface area contributed by atoms with Gasteiger partial charge in [0.2, 0.25) is 11.8 Å². The molecule has 0 radical (unpaired) electrons. The minimum atomic E-state index is 0.151. The zero-order chi connectivity index (χ0) is 19.9. The molecule has 0 bridgehead atoms. The molecule has 1 atom stereocenters. The molecule has 0 N–H and O–H groups in total. The molecule has 1 unspecified atom stereocenters. The van der Waals surface area contributed by atoms with Crippen LogP contribution in [0.15, 0.2) is 24.3 Å². The average Bonchev–Trinajstić information content (AvgIpc) is 3.10. The van der Waals surface area contributed by atoms with E-state index in [2.05, 4.69) is 17.0 Å². The monoisotopic (exact) mass is 405 g/mol. The van der Waals surface area contributed by atoms with Gasteiger partial charge >= 0.3 is 0 Å². The van der Waals surface area contributed by atoms with E-state index < -0.39 is 0 Å². The van der Waals surface area contributed by atoms with Gasteiger partial charge in [-0.2, -0.15) is 0 Å². The van der Waals surface area contributed by atoms with E-state index in [-0.39, 0.29) is 11.8 Å². The van der Waals surface area contributed by atoms with Crippen molar-refractivity contribution in [2.45, 2.75) is 38.5 Å². The quantitative estimate of drug-likeness (QED) is 0.667. The molecule has 2 amide bonds. The van der Waals surface area contributed by atoms with Gasteiger partial charge < -0.3 is 14.7 Å². The molecule has 28 heavy (non-hydrogen) atoms. The lowest BCUT2D eigenvalue weighted by Gasteiger charge is -2.35. The topological polar surface area (TPSA) is 43.9 Å². The summed E-state index contributed by atoms with van der Waals surface area (Å²) in [4.78, 5) is 30.4. The van der Waals surface area contributed by atoms with Crippen molar-refractivity contribution in [1.29, 1.82) is 0 Å². The smallest absolute Gasteiger partial charge is 0.224 e. The first-order chi connectivity index (χ1) is 13.5. The Kier molecular flexibility index (Phi) is 7.74. The third-order valence-electron chi connectivity index (χ3n) is 5.96. The minimum absolute atomic E-state index is 0.151. The highest BCUT2D eigenvalue weighted by molar-refractivity contribution is 6.30. The molecule has 2 fully saturated rings. The minimum Gasteiger partial charge on any atom is -0.345 e. The van der Waals surface area contributed by atoms with Crippen LogP contribution >= 0.6 is 11.6 Å². The second-order valence-electron chi connectivity index (χ2n) is 8.19. The van der Waals surface area contributed by atoms with Gasteiger partial charge in [-0.25, -0.2) is 0 Å². The van der Waals surface area contributed by atoms with Crippen LogP contribution in [0.25, 0.3) is 0 Å². The summed E-state index contributed by atoms with van der Waals surface area (Å²) in [6.45, 7) is 5.42. The molecule has 2 aliphatic rings. The number of hydrogen-bond donors (Lipinski definition) is 0. The molecule has 0 spiro atoms.